The summed E-state index contributed by atoms with van der Waals surface area (Å²) >= 11 is 0. The van der Waals surface area contributed by atoms with Crippen molar-refractivity contribution in [3.63, 3.8) is 0 Å². The number of nitrogens with zero attached hydrogens (tertiary/aromatic N) is 3. The monoisotopic (exact) mass is 492 g/mol. The number of nitrogens with one attached hydrogen (secondary N) is 1. The van der Waals surface area contributed by atoms with E-state index in [2.05, 4.69) is 15.5 Å². The standard InChI is InChI=1S/C30H28N4O3/c1-21-27-25(32-33-29(35)24-14-9-17-31-18-24)15-8-16-26(27)37-28(21)30(36)34(19-22-10-4-2-5-11-22)20-23-12-6-3-7-13-23/h2-7,9-14,17-18H,8,15-16,19-20H2,1H3,(H,33,35)/b32-25+. The minimum atomic E-state index is -0.331. The Hall–Kier alpha value is -4.52. The van der Waals surface area contributed by atoms with Crippen LogP contribution in [0.5, 0.6) is 0 Å². The Morgan fingerprint density at radius 3 is 2.24 bits per heavy atom. The van der Waals surface area contributed by atoms with Gasteiger partial charge >= 0.3 is 0 Å². The number of furan rings is 1. The molecule has 1 aliphatic carbocycles. The highest BCUT2D eigenvalue weighted by Gasteiger charge is 2.30. The minimum absolute atomic E-state index is 0.168. The minimum Gasteiger partial charge on any atom is -0.455 e. The fourth-order valence-electron chi connectivity index (χ4n) is 4.61. The maximum absolute atomic E-state index is 13.9. The van der Waals surface area contributed by atoms with Gasteiger partial charge in [0.25, 0.3) is 11.8 Å². The van der Waals surface area contributed by atoms with Crippen molar-refractivity contribution in [2.45, 2.75) is 39.3 Å². The van der Waals surface area contributed by atoms with E-state index < -0.39 is 0 Å². The number of carbonyl (C=O) groups is 2. The zero-order valence-electron chi connectivity index (χ0n) is 20.7. The molecule has 1 N–H and O–H groups in total. The highest BCUT2D eigenvalue weighted by molar-refractivity contribution is 6.07. The molecule has 7 heteroatoms. The Labute approximate surface area is 215 Å². The lowest BCUT2D eigenvalue weighted by Crippen LogP contribution is -2.30. The second-order valence-corrected chi connectivity index (χ2v) is 9.08. The van der Waals surface area contributed by atoms with Gasteiger partial charge in [-0.15, -0.1) is 0 Å². The Morgan fingerprint density at radius 1 is 0.946 bits per heavy atom. The lowest BCUT2D eigenvalue weighted by Gasteiger charge is -2.22. The summed E-state index contributed by atoms with van der Waals surface area (Å²) < 4.78 is 6.18. The fraction of sp³-hybridized carbons (Fsp3) is 0.200. The van der Waals surface area contributed by atoms with Gasteiger partial charge in [-0.25, -0.2) is 5.43 Å². The summed E-state index contributed by atoms with van der Waals surface area (Å²) in [4.78, 5) is 32.1. The van der Waals surface area contributed by atoms with Crippen molar-refractivity contribution in [3.05, 3.63) is 125 Å². The Balaban J connectivity index is 1.43. The molecule has 0 radical (unpaired) electrons. The second-order valence-electron chi connectivity index (χ2n) is 9.08. The molecule has 7 nitrogen and oxygen atoms in total. The largest absolute Gasteiger partial charge is 0.455 e. The van der Waals surface area contributed by atoms with Gasteiger partial charge in [0, 0.05) is 43.0 Å². The van der Waals surface area contributed by atoms with Crippen LogP contribution in [0, 0.1) is 6.92 Å². The molecule has 1 aliphatic rings. The van der Waals surface area contributed by atoms with Crippen molar-refractivity contribution < 1.29 is 14.0 Å². The number of amides is 2. The van der Waals surface area contributed by atoms with Crippen LogP contribution in [0.25, 0.3) is 0 Å². The van der Waals surface area contributed by atoms with Crippen molar-refractivity contribution in [2.75, 3.05) is 0 Å². The molecule has 2 aromatic carbocycles. The van der Waals surface area contributed by atoms with Gasteiger partial charge in [-0.05, 0) is 43.0 Å². The molecule has 0 atom stereocenters. The van der Waals surface area contributed by atoms with Crippen LogP contribution < -0.4 is 5.43 Å². The Bertz CT molecular complexity index is 1370. The Kier molecular flexibility index (Phi) is 7.21. The third-order valence-corrected chi connectivity index (χ3v) is 6.46. The van der Waals surface area contributed by atoms with E-state index in [9.17, 15) is 9.59 Å². The second kappa shape index (κ2) is 11.0. The molecule has 2 heterocycles. The summed E-state index contributed by atoms with van der Waals surface area (Å²) in [6.45, 7) is 2.81. The molecular formula is C30H28N4O3. The molecule has 2 aromatic heterocycles. The fourth-order valence-corrected chi connectivity index (χ4v) is 4.61. The summed E-state index contributed by atoms with van der Waals surface area (Å²) in [6.07, 6.45) is 5.34. The molecule has 37 heavy (non-hydrogen) atoms. The third-order valence-electron chi connectivity index (χ3n) is 6.46. The summed E-state index contributed by atoms with van der Waals surface area (Å²) in [6, 6.07) is 23.3. The molecule has 0 aliphatic heterocycles. The highest BCUT2D eigenvalue weighted by Crippen LogP contribution is 2.31. The van der Waals surface area contributed by atoms with Crippen molar-refractivity contribution in [2.24, 2.45) is 5.10 Å². The van der Waals surface area contributed by atoms with Crippen LogP contribution in [-0.2, 0) is 19.5 Å². The molecule has 5 rings (SSSR count). The number of hydrogen-bond acceptors (Lipinski definition) is 5. The number of pyridine rings is 1. The van der Waals surface area contributed by atoms with Gasteiger partial charge in [0.2, 0.25) is 0 Å². The van der Waals surface area contributed by atoms with Crippen LogP contribution in [-0.4, -0.2) is 27.4 Å². The zero-order chi connectivity index (χ0) is 25.6. The molecule has 0 fully saturated rings. The maximum atomic E-state index is 13.9. The van der Waals surface area contributed by atoms with Gasteiger partial charge < -0.3 is 9.32 Å². The first-order chi connectivity index (χ1) is 18.1. The zero-order valence-corrected chi connectivity index (χ0v) is 20.7. The first-order valence-corrected chi connectivity index (χ1v) is 12.4. The number of aryl methyl sites for hydroxylation is 1. The number of benzene rings is 2. The van der Waals surface area contributed by atoms with E-state index in [1.54, 1.807) is 18.3 Å². The van der Waals surface area contributed by atoms with E-state index in [-0.39, 0.29) is 11.8 Å². The molecule has 0 unspecified atom stereocenters. The molecule has 0 saturated carbocycles. The molecule has 0 bridgehead atoms. The average Bonchev–Trinajstić information content (AvgIpc) is 3.29. The van der Waals surface area contributed by atoms with Gasteiger partial charge in [0.15, 0.2) is 5.76 Å². The van der Waals surface area contributed by atoms with Gasteiger partial charge in [0.1, 0.15) is 5.76 Å². The number of hydrogen-bond donors (Lipinski definition) is 1. The van der Waals surface area contributed by atoms with Crippen molar-refractivity contribution in [1.29, 1.82) is 0 Å². The molecule has 2 amide bonds. The number of aromatic nitrogens is 1. The molecule has 4 aromatic rings. The first-order valence-electron chi connectivity index (χ1n) is 12.4. The predicted molar refractivity (Wildman–Crippen MR) is 141 cm³/mol. The van der Waals surface area contributed by atoms with Gasteiger partial charge in [-0.1, -0.05) is 60.7 Å². The van der Waals surface area contributed by atoms with E-state index in [1.807, 2.05) is 72.5 Å². The topological polar surface area (TPSA) is 87.8 Å². The van der Waals surface area contributed by atoms with Gasteiger partial charge in [-0.3, -0.25) is 14.6 Å². The van der Waals surface area contributed by atoms with Gasteiger partial charge in [0.05, 0.1) is 11.3 Å². The third kappa shape index (κ3) is 5.51. The molecular weight excluding hydrogens is 464 g/mol. The number of hydrazone groups is 1. The Morgan fingerprint density at radius 2 is 1.62 bits per heavy atom. The van der Waals surface area contributed by atoms with Crippen molar-refractivity contribution in [1.82, 2.24) is 15.3 Å². The van der Waals surface area contributed by atoms with E-state index >= 15 is 0 Å². The SMILES string of the molecule is Cc1c(C(=O)N(Cc2ccccc2)Cc2ccccc2)oc2c1/C(=N/NC(=O)c1cccnc1)CCC2. The highest BCUT2D eigenvalue weighted by atomic mass is 16.4. The smallest absolute Gasteiger partial charge is 0.290 e. The number of rotatable bonds is 7. The maximum Gasteiger partial charge on any atom is 0.290 e. The van der Waals surface area contributed by atoms with Gasteiger partial charge in [-0.2, -0.15) is 5.10 Å². The van der Waals surface area contributed by atoms with Crippen molar-refractivity contribution in [3.8, 4) is 0 Å². The molecule has 0 spiro atoms. The number of fused-ring (bicyclic) bond motifs is 1. The lowest BCUT2D eigenvalue weighted by molar-refractivity contribution is 0.0694. The van der Waals surface area contributed by atoms with Crippen LogP contribution in [0.3, 0.4) is 0 Å². The molecule has 186 valence electrons. The summed E-state index contributed by atoms with van der Waals surface area (Å²) in [5.74, 6) is 0.561. The van der Waals surface area contributed by atoms with E-state index in [1.165, 1.54) is 6.20 Å². The first kappa shape index (κ1) is 24.2. The van der Waals surface area contributed by atoms with Crippen LogP contribution in [0.4, 0.5) is 0 Å². The van der Waals surface area contributed by atoms with E-state index in [0.29, 0.717) is 30.8 Å². The molecule has 0 saturated heterocycles. The van der Waals surface area contributed by atoms with Crippen molar-refractivity contribution >= 4 is 17.5 Å². The quantitative estimate of drug-likeness (QED) is 0.355. The average molecular weight is 493 g/mol. The summed E-state index contributed by atoms with van der Waals surface area (Å²) in [5, 5.41) is 4.42. The predicted octanol–water partition coefficient (Wildman–Crippen LogP) is 5.30. The lowest BCUT2D eigenvalue weighted by atomic mass is 9.93. The van der Waals surface area contributed by atoms with Crippen LogP contribution in [0.15, 0.2) is 94.7 Å². The van der Waals surface area contributed by atoms with Crippen LogP contribution in [0.2, 0.25) is 0 Å². The van der Waals surface area contributed by atoms with E-state index in [4.69, 9.17) is 4.42 Å². The number of carbonyl (C=O) groups excluding carboxylic acids is 2. The van der Waals surface area contributed by atoms with E-state index in [0.717, 1.165) is 46.6 Å². The summed E-state index contributed by atoms with van der Waals surface area (Å²) in [7, 11) is 0. The normalized spacial score (nSPS) is 13.7. The van der Waals surface area contributed by atoms with Crippen LogP contribution in [0.1, 0.15) is 61.8 Å². The summed E-state index contributed by atoms with van der Waals surface area (Å²) in [5.41, 5.74) is 7.44. The van der Waals surface area contributed by atoms with Crippen LogP contribution >= 0.6 is 0 Å².